The summed E-state index contributed by atoms with van der Waals surface area (Å²) in [6, 6.07) is 11.6. The molecule has 5 nitrogen and oxygen atoms in total. The van der Waals surface area contributed by atoms with Crippen LogP contribution in [0.1, 0.15) is 16.1 Å². The van der Waals surface area contributed by atoms with Gasteiger partial charge in [-0.15, -0.1) is 0 Å². The number of carbonyl (C=O) groups excluding carboxylic acids is 1. The molecule has 1 N–H and O–H groups in total. The third kappa shape index (κ3) is 3.82. The number of hydrogen-bond acceptors (Lipinski definition) is 4. The highest BCUT2D eigenvalue weighted by atomic mass is 19.3. The Labute approximate surface area is 140 Å². The van der Waals surface area contributed by atoms with E-state index in [1.165, 1.54) is 24.3 Å². The van der Waals surface area contributed by atoms with Gasteiger partial charge in [-0.1, -0.05) is 6.07 Å². The molecule has 7 heteroatoms. The molecule has 25 heavy (non-hydrogen) atoms. The number of carbonyl (C=O) groups is 1. The van der Waals surface area contributed by atoms with Crippen molar-refractivity contribution in [2.45, 2.75) is 13.5 Å². The highest BCUT2D eigenvalue weighted by Gasteiger charge is 2.13. The van der Waals surface area contributed by atoms with Crippen LogP contribution in [0.3, 0.4) is 0 Å². The number of anilines is 1. The molecule has 0 aliphatic rings. The summed E-state index contributed by atoms with van der Waals surface area (Å²) in [7, 11) is 0. The fourth-order valence-electron chi connectivity index (χ4n) is 2.29. The number of benzene rings is 2. The minimum atomic E-state index is -2.92. The highest BCUT2D eigenvalue weighted by Crippen LogP contribution is 2.19. The van der Waals surface area contributed by atoms with E-state index in [2.05, 4.69) is 10.1 Å². The fourth-order valence-corrected chi connectivity index (χ4v) is 2.29. The van der Waals surface area contributed by atoms with Gasteiger partial charge in [-0.25, -0.2) is 0 Å². The van der Waals surface area contributed by atoms with Crippen LogP contribution < -0.4 is 15.5 Å². The van der Waals surface area contributed by atoms with E-state index >= 15 is 0 Å². The van der Waals surface area contributed by atoms with E-state index in [9.17, 15) is 18.4 Å². The number of rotatable bonds is 4. The minimum Gasteiger partial charge on any atom is -0.451 e. The van der Waals surface area contributed by atoms with Crippen molar-refractivity contribution in [3.8, 4) is 5.75 Å². The number of halogens is 2. The summed E-state index contributed by atoms with van der Waals surface area (Å²) in [5.74, 6) is -0.792. The van der Waals surface area contributed by atoms with Gasteiger partial charge in [0.25, 0.3) is 5.91 Å². The van der Waals surface area contributed by atoms with Crippen LogP contribution in [0.25, 0.3) is 11.0 Å². The molecule has 0 saturated heterocycles. The van der Waals surface area contributed by atoms with Gasteiger partial charge >= 0.3 is 6.61 Å². The first-order valence-electron chi connectivity index (χ1n) is 7.33. The molecule has 0 radical (unpaired) electrons. The maximum atomic E-state index is 12.3. The molecule has 0 fully saturated rings. The monoisotopic (exact) mass is 345 g/mol. The average Bonchev–Trinajstić information content (AvgIpc) is 2.55. The zero-order chi connectivity index (χ0) is 18.0. The highest BCUT2D eigenvalue weighted by molar-refractivity contribution is 6.03. The largest absolute Gasteiger partial charge is 0.451 e. The minimum absolute atomic E-state index is 0.0271. The molecular weight excluding hydrogens is 332 g/mol. The first-order valence-corrected chi connectivity index (χ1v) is 7.33. The lowest BCUT2D eigenvalue weighted by atomic mass is 10.1. The summed E-state index contributed by atoms with van der Waals surface area (Å²) >= 11 is 0. The van der Waals surface area contributed by atoms with Crippen LogP contribution in [0, 0.1) is 6.92 Å². The van der Waals surface area contributed by atoms with E-state index in [-0.39, 0.29) is 16.9 Å². The van der Waals surface area contributed by atoms with Crippen molar-refractivity contribution in [1.82, 2.24) is 0 Å². The van der Waals surface area contributed by atoms with Crippen molar-refractivity contribution < 1.29 is 22.7 Å². The molecule has 3 aromatic rings. The number of ether oxygens (including phenoxy) is 1. The van der Waals surface area contributed by atoms with Crippen molar-refractivity contribution in [3.05, 3.63) is 70.1 Å². The molecule has 1 aromatic heterocycles. The lowest BCUT2D eigenvalue weighted by molar-refractivity contribution is -0.0498. The standard InChI is InChI=1S/C18H13F2NO4/c1-10-2-7-13-14(22)9-16(25-15(13)8-10)17(23)21-11-3-5-12(6-4-11)24-18(19)20/h2-9,18H,1H3,(H,21,23). The third-order valence-electron chi connectivity index (χ3n) is 3.45. The normalized spacial score (nSPS) is 10.9. The Bertz CT molecular complexity index is 981. The molecule has 0 saturated carbocycles. The van der Waals surface area contributed by atoms with Gasteiger partial charge < -0.3 is 14.5 Å². The van der Waals surface area contributed by atoms with Crippen molar-refractivity contribution in [3.63, 3.8) is 0 Å². The SMILES string of the molecule is Cc1ccc2c(=O)cc(C(=O)Nc3ccc(OC(F)F)cc3)oc2c1. The zero-order valence-electron chi connectivity index (χ0n) is 13.1. The molecule has 0 atom stereocenters. The molecule has 0 unspecified atom stereocenters. The Morgan fingerprint density at radius 2 is 1.84 bits per heavy atom. The molecule has 2 aromatic carbocycles. The molecular formula is C18H13F2NO4. The fraction of sp³-hybridized carbons (Fsp3) is 0.111. The maximum Gasteiger partial charge on any atom is 0.387 e. The lowest BCUT2D eigenvalue weighted by Crippen LogP contribution is -2.15. The molecule has 0 aliphatic carbocycles. The topological polar surface area (TPSA) is 68.5 Å². The first-order chi connectivity index (χ1) is 11.9. The second-order valence-corrected chi connectivity index (χ2v) is 5.33. The van der Waals surface area contributed by atoms with Crippen LogP contribution in [0.4, 0.5) is 14.5 Å². The van der Waals surface area contributed by atoms with Gasteiger partial charge in [-0.2, -0.15) is 8.78 Å². The molecule has 0 bridgehead atoms. The second-order valence-electron chi connectivity index (χ2n) is 5.33. The van der Waals surface area contributed by atoms with Crippen LogP contribution in [-0.2, 0) is 0 Å². The number of nitrogens with one attached hydrogen (secondary N) is 1. The van der Waals surface area contributed by atoms with E-state index < -0.39 is 12.5 Å². The lowest BCUT2D eigenvalue weighted by Gasteiger charge is -2.07. The Morgan fingerprint density at radius 1 is 1.12 bits per heavy atom. The van der Waals surface area contributed by atoms with Crippen molar-refractivity contribution >= 4 is 22.6 Å². The number of amides is 1. The van der Waals surface area contributed by atoms with Crippen LogP contribution in [0.5, 0.6) is 5.75 Å². The molecule has 1 amide bonds. The van der Waals surface area contributed by atoms with Crippen molar-refractivity contribution in [2.24, 2.45) is 0 Å². The average molecular weight is 345 g/mol. The van der Waals surface area contributed by atoms with Crippen LogP contribution >= 0.6 is 0 Å². The van der Waals surface area contributed by atoms with E-state index in [0.717, 1.165) is 11.6 Å². The third-order valence-corrected chi connectivity index (χ3v) is 3.45. The predicted molar refractivity (Wildman–Crippen MR) is 88.2 cm³/mol. The van der Waals surface area contributed by atoms with Gasteiger partial charge in [-0.3, -0.25) is 9.59 Å². The first kappa shape index (κ1) is 16.6. The number of hydrogen-bond donors (Lipinski definition) is 1. The summed E-state index contributed by atoms with van der Waals surface area (Å²) in [6.07, 6.45) is 0. The van der Waals surface area contributed by atoms with Crippen molar-refractivity contribution in [1.29, 1.82) is 0 Å². The summed E-state index contributed by atoms with van der Waals surface area (Å²) in [5.41, 5.74) is 1.23. The molecule has 3 rings (SSSR count). The Kier molecular flexibility index (Phi) is 4.47. The molecule has 0 aliphatic heterocycles. The van der Waals surface area contributed by atoms with Gasteiger partial charge in [-0.05, 0) is 48.9 Å². The quantitative estimate of drug-likeness (QED) is 0.777. The smallest absolute Gasteiger partial charge is 0.387 e. The van der Waals surface area contributed by atoms with Crippen LogP contribution in [-0.4, -0.2) is 12.5 Å². The number of aryl methyl sites for hydroxylation is 1. The molecule has 1 heterocycles. The van der Waals surface area contributed by atoms with Gasteiger partial charge in [0.05, 0.1) is 5.39 Å². The van der Waals surface area contributed by atoms with Gasteiger partial charge in [0.15, 0.2) is 11.2 Å². The Hall–Kier alpha value is -3.22. The van der Waals surface area contributed by atoms with Gasteiger partial charge in [0.1, 0.15) is 11.3 Å². The maximum absolute atomic E-state index is 12.3. The van der Waals surface area contributed by atoms with Gasteiger partial charge in [0, 0.05) is 11.8 Å². The van der Waals surface area contributed by atoms with E-state index in [1.807, 2.05) is 6.92 Å². The van der Waals surface area contributed by atoms with E-state index in [1.54, 1.807) is 18.2 Å². The van der Waals surface area contributed by atoms with Crippen LogP contribution in [0.15, 0.2) is 57.7 Å². The summed E-state index contributed by atoms with van der Waals surface area (Å²) < 4.78 is 34.0. The summed E-state index contributed by atoms with van der Waals surface area (Å²) in [5, 5.41) is 2.92. The van der Waals surface area contributed by atoms with Gasteiger partial charge in [0.2, 0.25) is 0 Å². The van der Waals surface area contributed by atoms with E-state index in [4.69, 9.17) is 4.42 Å². The Balaban J connectivity index is 1.83. The number of fused-ring (bicyclic) bond motifs is 1. The summed E-state index contributed by atoms with van der Waals surface area (Å²) in [6.45, 7) is -1.08. The second kappa shape index (κ2) is 6.72. The van der Waals surface area contributed by atoms with Crippen LogP contribution in [0.2, 0.25) is 0 Å². The van der Waals surface area contributed by atoms with Crippen molar-refractivity contribution in [2.75, 3.05) is 5.32 Å². The predicted octanol–water partition coefficient (Wildman–Crippen LogP) is 3.96. The molecule has 0 spiro atoms. The Morgan fingerprint density at radius 3 is 2.52 bits per heavy atom. The zero-order valence-corrected chi connectivity index (χ0v) is 13.1. The molecule has 128 valence electrons. The van der Waals surface area contributed by atoms with E-state index in [0.29, 0.717) is 16.7 Å². The summed E-state index contributed by atoms with van der Waals surface area (Å²) in [4.78, 5) is 24.4. The number of alkyl halides is 2.